The van der Waals surface area contributed by atoms with Gasteiger partial charge in [0.2, 0.25) is 5.82 Å². The molecule has 0 amide bonds. The molecule has 1 unspecified atom stereocenters. The Hall–Kier alpha value is -3.40. The van der Waals surface area contributed by atoms with Crippen molar-refractivity contribution in [1.29, 1.82) is 0 Å². The number of ether oxygens (including phenoxy) is 2. The van der Waals surface area contributed by atoms with Gasteiger partial charge in [-0.25, -0.2) is 4.79 Å². The van der Waals surface area contributed by atoms with Crippen molar-refractivity contribution < 1.29 is 37.1 Å². The Labute approximate surface area is 181 Å². The van der Waals surface area contributed by atoms with Gasteiger partial charge in [0.1, 0.15) is 5.75 Å². The van der Waals surface area contributed by atoms with Gasteiger partial charge in [-0.3, -0.25) is 0 Å². The van der Waals surface area contributed by atoms with Crippen LogP contribution in [-0.2, 0) is 28.7 Å². The predicted octanol–water partition coefficient (Wildman–Crippen LogP) is 4.76. The van der Waals surface area contributed by atoms with E-state index in [9.17, 15) is 23.1 Å². The smallest absolute Gasteiger partial charge is 0.416 e. The minimum absolute atomic E-state index is 0.0162. The Kier molecular flexibility index (Phi) is 7.14. The van der Waals surface area contributed by atoms with E-state index in [1.165, 1.54) is 12.1 Å². The summed E-state index contributed by atoms with van der Waals surface area (Å²) in [5, 5.41) is 13.0. The number of aliphatic carboxylic acids is 1. The van der Waals surface area contributed by atoms with Gasteiger partial charge < -0.3 is 19.1 Å². The van der Waals surface area contributed by atoms with Gasteiger partial charge in [0.05, 0.1) is 11.7 Å². The number of carbonyl (C=O) groups is 1. The van der Waals surface area contributed by atoms with Crippen molar-refractivity contribution in [3.05, 3.63) is 65.5 Å². The number of carboxylic acid groups (broad SMARTS) is 1. The van der Waals surface area contributed by atoms with E-state index in [0.717, 1.165) is 17.7 Å². The summed E-state index contributed by atoms with van der Waals surface area (Å²) in [6.45, 7) is 3.53. The van der Waals surface area contributed by atoms with Gasteiger partial charge >= 0.3 is 12.1 Å². The molecule has 0 aliphatic rings. The second-order valence-electron chi connectivity index (χ2n) is 7.24. The third kappa shape index (κ3) is 6.30. The summed E-state index contributed by atoms with van der Waals surface area (Å²) in [4.78, 5) is 15.4. The molecule has 1 atom stereocenters. The van der Waals surface area contributed by atoms with Crippen molar-refractivity contribution in [3.8, 4) is 17.2 Å². The molecule has 7 nitrogen and oxygen atoms in total. The Balaban J connectivity index is 1.57. The van der Waals surface area contributed by atoms with Gasteiger partial charge in [-0.05, 0) is 55.8 Å². The van der Waals surface area contributed by atoms with E-state index in [2.05, 4.69) is 10.1 Å². The first kappa shape index (κ1) is 23.3. The van der Waals surface area contributed by atoms with Crippen LogP contribution < -0.4 is 4.74 Å². The highest BCUT2D eigenvalue weighted by molar-refractivity contribution is 5.72. The molecule has 0 saturated carbocycles. The zero-order valence-corrected chi connectivity index (χ0v) is 17.3. The third-order valence-corrected chi connectivity index (χ3v) is 4.35. The molecule has 0 aliphatic heterocycles. The molecule has 0 fully saturated rings. The number of hydrogen-bond donors (Lipinski definition) is 1. The summed E-state index contributed by atoms with van der Waals surface area (Å²) in [6, 6.07) is 11.2. The van der Waals surface area contributed by atoms with Gasteiger partial charge in [0, 0.05) is 12.0 Å². The van der Waals surface area contributed by atoms with Crippen molar-refractivity contribution >= 4 is 5.97 Å². The number of rotatable bonds is 9. The summed E-state index contributed by atoms with van der Waals surface area (Å²) in [5.74, 6) is -0.218. The number of carboxylic acids is 1. The SMILES string of the molecule is CC(C)OC(Cc1ccc(OCc2noc(-c3ccc(C(F)(F)F)cc3)n2)cc1)C(=O)O. The molecule has 0 spiro atoms. The molecule has 32 heavy (non-hydrogen) atoms. The van der Waals surface area contributed by atoms with Crippen molar-refractivity contribution in [1.82, 2.24) is 10.1 Å². The van der Waals surface area contributed by atoms with E-state index in [1.54, 1.807) is 38.1 Å². The lowest BCUT2D eigenvalue weighted by Crippen LogP contribution is -2.29. The van der Waals surface area contributed by atoms with Crippen molar-refractivity contribution in [3.63, 3.8) is 0 Å². The zero-order chi connectivity index (χ0) is 23.3. The standard InChI is InChI=1S/C22H21F3N2O5/c1-13(2)31-18(21(28)29)11-14-3-9-17(10-4-14)30-12-19-26-20(32-27-19)15-5-7-16(8-6-15)22(23,24)25/h3-10,13,18H,11-12H2,1-2H3,(H,28,29). The fourth-order valence-corrected chi connectivity index (χ4v) is 2.84. The van der Waals surface area contributed by atoms with E-state index in [-0.39, 0.29) is 30.8 Å². The lowest BCUT2D eigenvalue weighted by Gasteiger charge is -2.16. The van der Waals surface area contributed by atoms with E-state index < -0.39 is 23.8 Å². The van der Waals surface area contributed by atoms with E-state index in [1.807, 2.05) is 0 Å². The van der Waals surface area contributed by atoms with E-state index in [4.69, 9.17) is 14.0 Å². The topological polar surface area (TPSA) is 94.7 Å². The van der Waals surface area contributed by atoms with Gasteiger partial charge in [0.25, 0.3) is 5.89 Å². The van der Waals surface area contributed by atoms with Crippen LogP contribution in [0.2, 0.25) is 0 Å². The maximum Gasteiger partial charge on any atom is 0.416 e. The highest BCUT2D eigenvalue weighted by atomic mass is 19.4. The highest BCUT2D eigenvalue weighted by Gasteiger charge is 2.30. The minimum Gasteiger partial charge on any atom is -0.485 e. The second-order valence-corrected chi connectivity index (χ2v) is 7.24. The number of halogens is 3. The Morgan fingerprint density at radius 2 is 1.75 bits per heavy atom. The lowest BCUT2D eigenvalue weighted by atomic mass is 10.1. The summed E-state index contributed by atoms with van der Waals surface area (Å²) in [7, 11) is 0. The van der Waals surface area contributed by atoms with Crippen LogP contribution in [0, 0.1) is 0 Å². The first-order chi connectivity index (χ1) is 15.1. The van der Waals surface area contributed by atoms with Crippen LogP contribution in [0.1, 0.15) is 30.8 Å². The number of aromatic nitrogens is 2. The summed E-state index contributed by atoms with van der Waals surface area (Å²) in [5.41, 5.74) is 0.366. The third-order valence-electron chi connectivity index (χ3n) is 4.35. The molecule has 2 aromatic carbocycles. The molecule has 0 aliphatic carbocycles. The zero-order valence-electron chi connectivity index (χ0n) is 17.3. The van der Waals surface area contributed by atoms with E-state index in [0.29, 0.717) is 11.3 Å². The van der Waals surface area contributed by atoms with E-state index >= 15 is 0 Å². The Bertz CT molecular complexity index is 1030. The molecule has 3 aromatic rings. The fourth-order valence-electron chi connectivity index (χ4n) is 2.84. The van der Waals surface area contributed by atoms with Crippen molar-refractivity contribution in [2.24, 2.45) is 0 Å². The van der Waals surface area contributed by atoms with Crippen LogP contribution in [-0.4, -0.2) is 33.4 Å². The highest BCUT2D eigenvalue weighted by Crippen LogP contribution is 2.30. The number of benzene rings is 2. The maximum absolute atomic E-state index is 12.7. The van der Waals surface area contributed by atoms with Gasteiger partial charge in [-0.1, -0.05) is 17.3 Å². The molecular weight excluding hydrogens is 429 g/mol. The predicted molar refractivity (Wildman–Crippen MR) is 107 cm³/mol. The largest absolute Gasteiger partial charge is 0.485 e. The average molecular weight is 450 g/mol. The quantitative estimate of drug-likeness (QED) is 0.502. The lowest BCUT2D eigenvalue weighted by molar-refractivity contribution is -0.153. The minimum atomic E-state index is -4.42. The summed E-state index contributed by atoms with van der Waals surface area (Å²) < 4.78 is 54.1. The van der Waals surface area contributed by atoms with Crippen molar-refractivity contribution in [2.75, 3.05) is 0 Å². The molecular formula is C22H21F3N2O5. The fraction of sp³-hybridized carbons (Fsp3) is 0.318. The first-order valence-corrected chi connectivity index (χ1v) is 9.72. The number of alkyl halides is 3. The van der Waals surface area contributed by atoms with Gasteiger partial charge in [-0.2, -0.15) is 18.2 Å². The molecule has 1 N–H and O–H groups in total. The number of hydrogen-bond acceptors (Lipinski definition) is 6. The first-order valence-electron chi connectivity index (χ1n) is 9.72. The van der Waals surface area contributed by atoms with Gasteiger partial charge in [0.15, 0.2) is 12.7 Å². The molecule has 0 bridgehead atoms. The Morgan fingerprint density at radius 1 is 1.09 bits per heavy atom. The van der Waals surface area contributed by atoms with Crippen LogP contribution >= 0.6 is 0 Å². The monoisotopic (exact) mass is 450 g/mol. The molecule has 0 saturated heterocycles. The average Bonchev–Trinajstić information content (AvgIpc) is 3.21. The van der Waals surface area contributed by atoms with Crippen LogP contribution in [0.4, 0.5) is 13.2 Å². The second kappa shape index (κ2) is 9.82. The molecule has 170 valence electrons. The van der Waals surface area contributed by atoms with Crippen LogP contribution in [0.15, 0.2) is 53.1 Å². The summed E-state index contributed by atoms with van der Waals surface area (Å²) in [6.07, 6.45) is -5.35. The normalized spacial score (nSPS) is 12.7. The molecule has 1 aromatic heterocycles. The number of nitrogens with zero attached hydrogens (tertiary/aromatic N) is 2. The van der Waals surface area contributed by atoms with Gasteiger partial charge in [-0.15, -0.1) is 0 Å². The molecule has 1 heterocycles. The van der Waals surface area contributed by atoms with Crippen molar-refractivity contribution in [2.45, 2.75) is 45.3 Å². The van der Waals surface area contributed by atoms with Crippen LogP contribution in [0.5, 0.6) is 5.75 Å². The molecule has 0 radical (unpaired) electrons. The van der Waals surface area contributed by atoms with Crippen LogP contribution in [0.3, 0.4) is 0 Å². The molecule has 10 heteroatoms. The summed E-state index contributed by atoms with van der Waals surface area (Å²) >= 11 is 0. The molecule has 3 rings (SSSR count). The van der Waals surface area contributed by atoms with Crippen LogP contribution in [0.25, 0.3) is 11.5 Å². The maximum atomic E-state index is 12.7. The Morgan fingerprint density at radius 3 is 2.31 bits per heavy atom.